The highest BCUT2D eigenvalue weighted by Crippen LogP contribution is 2.23. The minimum Gasteiger partial charge on any atom is -0.395 e. The van der Waals surface area contributed by atoms with E-state index in [-0.39, 0.29) is 19.0 Å². The molecule has 0 amide bonds. The molecular formula is C9H14N4O3. The number of nitro groups is 1. The van der Waals surface area contributed by atoms with E-state index in [1.807, 2.05) is 6.92 Å². The average Bonchev–Trinajstić information content (AvgIpc) is 2.27. The fraction of sp³-hybridized carbons (Fsp3) is 0.444. The molecule has 0 spiro atoms. The van der Waals surface area contributed by atoms with Crippen LogP contribution in [0.4, 0.5) is 17.3 Å². The molecule has 0 aliphatic rings. The second kappa shape index (κ2) is 5.86. The predicted molar refractivity (Wildman–Crippen MR) is 60.6 cm³/mol. The van der Waals surface area contributed by atoms with Crippen LogP contribution in [0.1, 0.15) is 6.92 Å². The van der Waals surface area contributed by atoms with E-state index in [0.717, 1.165) is 0 Å². The van der Waals surface area contributed by atoms with Crippen molar-refractivity contribution < 1.29 is 10.0 Å². The van der Waals surface area contributed by atoms with Crippen LogP contribution in [0.2, 0.25) is 0 Å². The summed E-state index contributed by atoms with van der Waals surface area (Å²) in [7, 11) is 0. The molecule has 7 nitrogen and oxygen atoms in total. The van der Waals surface area contributed by atoms with Gasteiger partial charge in [-0.25, -0.2) is 0 Å². The van der Waals surface area contributed by atoms with Gasteiger partial charge in [0.2, 0.25) is 5.82 Å². The highest BCUT2D eigenvalue weighted by molar-refractivity contribution is 5.60. The number of nitrogens with zero attached hydrogens (tertiary/aromatic N) is 2. The average molecular weight is 226 g/mol. The van der Waals surface area contributed by atoms with E-state index < -0.39 is 4.92 Å². The quantitative estimate of drug-likeness (QED) is 0.490. The van der Waals surface area contributed by atoms with Gasteiger partial charge < -0.3 is 25.9 Å². The minimum atomic E-state index is -0.555. The Morgan fingerprint density at radius 3 is 2.81 bits per heavy atom. The summed E-state index contributed by atoms with van der Waals surface area (Å²) in [6.07, 6.45) is 0. The van der Waals surface area contributed by atoms with Crippen molar-refractivity contribution in [3.63, 3.8) is 0 Å². The van der Waals surface area contributed by atoms with Crippen LogP contribution in [0.3, 0.4) is 0 Å². The standard InChI is InChI=1S/C9H14N4O3/c1-2-10-8-4-3-7(11-5-6-14)9(12-8)13(15)16/h3-4,11,14H,2,5-6H2,1H3,(H,10,12). The van der Waals surface area contributed by atoms with Gasteiger partial charge in [-0.2, -0.15) is 0 Å². The lowest BCUT2D eigenvalue weighted by atomic mass is 10.3. The van der Waals surface area contributed by atoms with Crippen LogP contribution >= 0.6 is 0 Å². The molecule has 0 fully saturated rings. The van der Waals surface area contributed by atoms with Gasteiger partial charge >= 0.3 is 5.82 Å². The zero-order chi connectivity index (χ0) is 12.0. The van der Waals surface area contributed by atoms with Gasteiger partial charge in [0.05, 0.1) is 6.61 Å². The Kier molecular flexibility index (Phi) is 4.46. The summed E-state index contributed by atoms with van der Waals surface area (Å²) in [5.74, 6) is 0.218. The van der Waals surface area contributed by atoms with Crippen molar-refractivity contribution in [3.05, 3.63) is 22.2 Å². The van der Waals surface area contributed by atoms with Crippen molar-refractivity contribution >= 4 is 17.3 Å². The van der Waals surface area contributed by atoms with Gasteiger partial charge in [0.1, 0.15) is 5.69 Å². The number of aliphatic hydroxyl groups excluding tert-OH is 1. The van der Waals surface area contributed by atoms with Crippen LogP contribution in [0.15, 0.2) is 12.1 Å². The Hall–Kier alpha value is -1.89. The Morgan fingerprint density at radius 1 is 1.50 bits per heavy atom. The molecule has 0 saturated heterocycles. The summed E-state index contributed by atoms with van der Waals surface area (Å²) in [6.45, 7) is 2.69. The summed E-state index contributed by atoms with van der Waals surface area (Å²) >= 11 is 0. The monoisotopic (exact) mass is 226 g/mol. The van der Waals surface area contributed by atoms with Crippen LogP contribution in [-0.2, 0) is 0 Å². The molecule has 3 N–H and O–H groups in total. The number of hydrogen-bond donors (Lipinski definition) is 3. The number of aromatic nitrogens is 1. The molecule has 0 bridgehead atoms. The van der Waals surface area contributed by atoms with Gasteiger partial charge in [-0.1, -0.05) is 0 Å². The van der Waals surface area contributed by atoms with E-state index in [1.54, 1.807) is 12.1 Å². The number of pyridine rings is 1. The molecule has 1 aromatic heterocycles. The molecule has 7 heteroatoms. The van der Waals surface area contributed by atoms with Gasteiger partial charge in [0.15, 0.2) is 0 Å². The van der Waals surface area contributed by atoms with E-state index in [2.05, 4.69) is 15.6 Å². The lowest BCUT2D eigenvalue weighted by Gasteiger charge is -2.05. The second-order valence-corrected chi connectivity index (χ2v) is 3.01. The lowest BCUT2D eigenvalue weighted by Crippen LogP contribution is -2.09. The third-order valence-electron chi connectivity index (χ3n) is 1.83. The number of anilines is 2. The first kappa shape index (κ1) is 12.2. The Balaban J connectivity index is 2.94. The van der Waals surface area contributed by atoms with Crippen LogP contribution in [0.5, 0.6) is 0 Å². The Bertz CT molecular complexity index is 370. The van der Waals surface area contributed by atoms with E-state index in [0.29, 0.717) is 18.1 Å². The zero-order valence-electron chi connectivity index (χ0n) is 8.93. The molecule has 0 atom stereocenters. The van der Waals surface area contributed by atoms with E-state index in [1.165, 1.54) is 0 Å². The molecule has 1 aromatic rings. The third-order valence-corrected chi connectivity index (χ3v) is 1.83. The van der Waals surface area contributed by atoms with Crippen LogP contribution < -0.4 is 10.6 Å². The van der Waals surface area contributed by atoms with Crippen LogP contribution in [0.25, 0.3) is 0 Å². The first-order valence-corrected chi connectivity index (χ1v) is 4.93. The fourth-order valence-electron chi connectivity index (χ4n) is 1.20. The highest BCUT2D eigenvalue weighted by atomic mass is 16.6. The van der Waals surface area contributed by atoms with E-state index in [4.69, 9.17) is 5.11 Å². The number of aliphatic hydroxyl groups is 1. The Labute approximate surface area is 92.7 Å². The second-order valence-electron chi connectivity index (χ2n) is 3.01. The maximum Gasteiger partial charge on any atom is 0.389 e. The fourth-order valence-corrected chi connectivity index (χ4v) is 1.20. The predicted octanol–water partition coefficient (Wildman–Crippen LogP) is 0.826. The molecular weight excluding hydrogens is 212 g/mol. The normalized spacial score (nSPS) is 9.88. The molecule has 0 saturated carbocycles. The molecule has 0 aliphatic carbocycles. The Morgan fingerprint density at radius 2 is 2.25 bits per heavy atom. The van der Waals surface area contributed by atoms with Crippen LogP contribution in [0, 0.1) is 10.1 Å². The topological polar surface area (TPSA) is 100 Å². The molecule has 0 unspecified atom stereocenters. The smallest absolute Gasteiger partial charge is 0.389 e. The molecule has 1 rings (SSSR count). The lowest BCUT2D eigenvalue weighted by molar-refractivity contribution is -0.388. The summed E-state index contributed by atoms with van der Waals surface area (Å²) in [6, 6.07) is 3.22. The van der Waals surface area contributed by atoms with Crippen molar-refractivity contribution in [2.24, 2.45) is 0 Å². The van der Waals surface area contributed by atoms with Gasteiger partial charge in [-0.15, -0.1) is 0 Å². The van der Waals surface area contributed by atoms with E-state index in [9.17, 15) is 10.1 Å². The van der Waals surface area contributed by atoms with Crippen molar-refractivity contribution in [1.82, 2.24) is 4.98 Å². The van der Waals surface area contributed by atoms with Gasteiger partial charge in [-0.05, 0) is 22.9 Å². The molecule has 0 aromatic carbocycles. The SMILES string of the molecule is CCNc1ccc(NCCO)c([N+](=O)[O-])n1. The van der Waals surface area contributed by atoms with Gasteiger partial charge in [0, 0.05) is 19.2 Å². The highest BCUT2D eigenvalue weighted by Gasteiger charge is 2.16. The first-order valence-electron chi connectivity index (χ1n) is 4.93. The first-order chi connectivity index (χ1) is 7.69. The molecule has 16 heavy (non-hydrogen) atoms. The number of nitrogens with one attached hydrogen (secondary N) is 2. The largest absolute Gasteiger partial charge is 0.395 e. The minimum absolute atomic E-state index is 0.0912. The number of hydrogen-bond acceptors (Lipinski definition) is 6. The van der Waals surface area contributed by atoms with Gasteiger partial charge in [0.25, 0.3) is 0 Å². The van der Waals surface area contributed by atoms with Crippen molar-refractivity contribution in [3.8, 4) is 0 Å². The molecule has 88 valence electrons. The maximum atomic E-state index is 10.8. The van der Waals surface area contributed by atoms with Crippen molar-refractivity contribution in [1.29, 1.82) is 0 Å². The number of rotatable bonds is 6. The maximum absolute atomic E-state index is 10.8. The van der Waals surface area contributed by atoms with Crippen LogP contribution in [-0.4, -0.2) is 34.7 Å². The summed E-state index contributed by atoms with van der Waals surface area (Å²) in [5.41, 5.74) is 0.306. The van der Waals surface area contributed by atoms with Gasteiger partial charge in [-0.3, -0.25) is 0 Å². The summed E-state index contributed by atoms with van der Waals surface area (Å²) < 4.78 is 0. The zero-order valence-corrected chi connectivity index (χ0v) is 8.93. The summed E-state index contributed by atoms with van der Waals surface area (Å²) in [4.78, 5) is 14.1. The molecule has 0 aliphatic heterocycles. The van der Waals surface area contributed by atoms with Crippen molar-refractivity contribution in [2.75, 3.05) is 30.3 Å². The summed E-state index contributed by atoms with van der Waals surface area (Å²) in [5, 5.41) is 25.0. The van der Waals surface area contributed by atoms with E-state index >= 15 is 0 Å². The molecule has 1 heterocycles. The third kappa shape index (κ3) is 3.06. The molecule has 0 radical (unpaired) electrons. The van der Waals surface area contributed by atoms with Crippen molar-refractivity contribution in [2.45, 2.75) is 6.92 Å².